The third kappa shape index (κ3) is 3.65. The predicted octanol–water partition coefficient (Wildman–Crippen LogP) is 3.26. The van der Waals surface area contributed by atoms with E-state index in [9.17, 15) is 4.79 Å². The van der Waals surface area contributed by atoms with Gasteiger partial charge in [0.05, 0.1) is 16.3 Å². The van der Waals surface area contributed by atoms with Crippen molar-refractivity contribution in [1.29, 1.82) is 0 Å². The van der Waals surface area contributed by atoms with Gasteiger partial charge in [0.2, 0.25) is 5.91 Å². The highest BCUT2D eigenvalue weighted by atomic mass is 35.5. The van der Waals surface area contributed by atoms with E-state index in [1.165, 1.54) is 11.3 Å². The molecule has 2 rings (SSSR count). The minimum absolute atomic E-state index is 0.196. The topological polar surface area (TPSA) is 68.0 Å². The standard InChI is InChI=1S/C13H16ClN3OS/c1-7(2)5-9(15)12(18)17-13-16-10-4-3-8(14)6-11(10)19-13/h3-4,6-7,9H,5,15H2,1-2H3,(H,16,17,18)/t9-/m1/s1. The Balaban J connectivity index is 2.10. The number of halogens is 1. The highest BCUT2D eigenvalue weighted by molar-refractivity contribution is 7.22. The summed E-state index contributed by atoms with van der Waals surface area (Å²) >= 11 is 7.31. The van der Waals surface area contributed by atoms with Crippen LogP contribution >= 0.6 is 22.9 Å². The average molecular weight is 298 g/mol. The number of anilines is 1. The molecular weight excluding hydrogens is 282 g/mol. The highest BCUT2D eigenvalue weighted by Crippen LogP contribution is 2.28. The van der Waals surface area contributed by atoms with Crippen molar-refractivity contribution >= 4 is 44.2 Å². The van der Waals surface area contributed by atoms with Crippen LogP contribution in [0.2, 0.25) is 5.02 Å². The van der Waals surface area contributed by atoms with Gasteiger partial charge in [-0.2, -0.15) is 0 Å². The number of thiazole rings is 1. The van der Waals surface area contributed by atoms with Crippen LogP contribution in [0.5, 0.6) is 0 Å². The molecule has 6 heteroatoms. The lowest BCUT2D eigenvalue weighted by Crippen LogP contribution is -2.36. The lowest BCUT2D eigenvalue weighted by molar-refractivity contribution is -0.117. The molecule has 1 amide bonds. The summed E-state index contributed by atoms with van der Waals surface area (Å²) in [7, 11) is 0. The number of nitrogens with one attached hydrogen (secondary N) is 1. The Morgan fingerprint density at radius 1 is 1.53 bits per heavy atom. The number of carbonyl (C=O) groups is 1. The van der Waals surface area contributed by atoms with Crippen molar-refractivity contribution in [3.05, 3.63) is 23.2 Å². The Morgan fingerprint density at radius 2 is 2.26 bits per heavy atom. The molecular formula is C13H16ClN3OS. The molecule has 1 aromatic carbocycles. The summed E-state index contributed by atoms with van der Waals surface area (Å²) in [5.41, 5.74) is 6.65. The van der Waals surface area contributed by atoms with Gasteiger partial charge in [-0.05, 0) is 30.5 Å². The summed E-state index contributed by atoms with van der Waals surface area (Å²) in [6.45, 7) is 4.07. The summed E-state index contributed by atoms with van der Waals surface area (Å²) < 4.78 is 0.945. The number of hydrogen-bond acceptors (Lipinski definition) is 4. The number of amides is 1. The molecule has 0 fully saturated rings. The SMILES string of the molecule is CC(C)C[C@@H](N)C(=O)Nc1nc2ccc(Cl)cc2s1. The zero-order chi connectivity index (χ0) is 14.0. The van der Waals surface area contributed by atoms with Crippen molar-refractivity contribution in [2.24, 2.45) is 11.7 Å². The van der Waals surface area contributed by atoms with Gasteiger partial charge in [-0.1, -0.05) is 36.8 Å². The molecule has 0 aliphatic heterocycles. The molecule has 0 saturated heterocycles. The molecule has 0 saturated carbocycles. The molecule has 0 aliphatic carbocycles. The van der Waals surface area contributed by atoms with Gasteiger partial charge in [0, 0.05) is 5.02 Å². The fourth-order valence-corrected chi connectivity index (χ4v) is 2.91. The smallest absolute Gasteiger partial charge is 0.243 e. The number of aromatic nitrogens is 1. The zero-order valence-electron chi connectivity index (χ0n) is 10.8. The minimum atomic E-state index is -0.504. The first-order chi connectivity index (χ1) is 8.95. The second-order valence-corrected chi connectivity index (χ2v) is 6.32. The fourth-order valence-electron chi connectivity index (χ4n) is 1.76. The average Bonchev–Trinajstić information content (AvgIpc) is 2.69. The van der Waals surface area contributed by atoms with Crippen molar-refractivity contribution in [2.75, 3.05) is 5.32 Å². The molecule has 2 aromatic rings. The van der Waals surface area contributed by atoms with E-state index in [4.69, 9.17) is 17.3 Å². The van der Waals surface area contributed by atoms with E-state index in [1.807, 2.05) is 26.0 Å². The number of carbonyl (C=O) groups excluding carboxylic acids is 1. The quantitative estimate of drug-likeness (QED) is 0.910. The molecule has 102 valence electrons. The number of nitrogens with zero attached hydrogens (tertiary/aromatic N) is 1. The molecule has 1 heterocycles. The van der Waals surface area contributed by atoms with Crippen LogP contribution in [0.1, 0.15) is 20.3 Å². The minimum Gasteiger partial charge on any atom is -0.320 e. The van der Waals surface area contributed by atoms with Crippen LogP contribution in [0, 0.1) is 5.92 Å². The molecule has 0 unspecified atom stereocenters. The van der Waals surface area contributed by atoms with Crippen LogP contribution in [-0.4, -0.2) is 16.9 Å². The van der Waals surface area contributed by atoms with Crippen molar-refractivity contribution < 1.29 is 4.79 Å². The van der Waals surface area contributed by atoms with Gasteiger partial charge >= 0.3 is 0 Å². The van der Waals surface area contributed by atoms with Gasteiger partial charge in [0.1, 0.15) is 0 Å². The fraction of sp³-hybridized carbons (Fsp3) is 0.385. The monoisotopic (exact) mass is 297 g/mol. The first-order valence-electron chi connectivity index (χ1n) is 6.08. The zero-order valence-corrected chi connectivity index (χ0v) is 12.4. The number of benzene rings is 1. The maximum Gasteiger partial charge on any atom is 0.243 e. The van der Waals surface area contributed by atoms with E-state index in [0.717, 1.165) is 10.2 Å². The van der Waals surface area contributed by atoms with Gasteiger partial charge in [0.25, 0.3) is 0 Å². The van der Waals surface area contributed by atoms with Crippen LogP contribution in [0.3, 0.4) is 0 Å². The van der Waals surface area contributed by atoms with Crippen LogP contribution in [-0.2, 0) is 4.79 Å². The van der Waals surface area contributed by atoms with Crippen LogP contribution in [0.4, 0.5) is 5.13 Å². The van der Waals surface area contributed by atoms with E-state index < -0.39 is 6.04 Å². The van der Waals surface area contributed by atoms with Crippen molar-refractivity contribution in [1.82, 2.24) is 4.98 Å². The summed E-state index contributed by atoms with van der Waals surface area (Å²) in [6, 6.07) is 4.94. The van der Waals surface area contributed by atoms with E-state index in [2.05, 4.69) is 10.3 Å². The largest absolute Gasteiger partial charge is 0.320 e. The number of nitrogens with two attached hydrogens (primary N) is 1. The van der Waals surface area contributed by atoms with E-state index in [-0.39, 0.29) is 5.91 Å². The van der Waals surface area contributed by atoms with Crippen LogP contribution < -0.4 is 11.1 Å². The van der Waals surface area contributed by atoms with Crippen LogP contribution in [0.25, 0.3) is 10.2 Å². The molecule has 1 atom stereocenters. The molecule has 19 heavy (non-hydrogen) atoms. The summed E-state index contributed by atoms with van der Waals surface area (Å²) in [6.07, 6.45) is 0.655. The van der Waals surface area contributed by atoms with Gasteiger partial charge in [-0.15, -0.1) is 0 Å². The molecule has 1 aromatic heterocycles. The molecule has 0 bridgehead atoms. The maximum absolute atomic E-state index is 11.9. The molecule has 0 aliphatic rings. The summed E-state index contributed by atoms with van der Waals surface area (Å²) in [5, 5.41) is 3.97. The van der Waals surface area contributed by atoms with E-state index in [1.54, 1.807) is 6.07 Å². The highest BCUT2D eigenvalue weighted by Gasteiger charge is 2.16. The Morgan fingerprint density at radius 3 is 2.95 bits per heavy atom. The van der Waals surface area contributed by atoms with Gasteiger partial charge in [0.15, 0.2) is 5.13 Å². The predicted molar refractivity (Wildman–Crippen MR) is 80.7 cm³/mol. The normalized spacial score (nSPS) is 12.9. The van der Waals surface area contributed by atoms with E-state index in [0.29, 0.717) is 22.5 Å². The molecule has 0 spiro atoms. The molecule has 4 nitrogen and oxygen atoms in total. The summed E-state index contributed by atoms with van der Waals surface area (Å²) in [4.78, 5) is 16.2. The summed E-state index contributed by atoms with van der Waals surface area (Å²) in [5.74, 6) is 0.189. The van der Waals surface area contributed by atoms with Gasteiger partial charge in [-0.3, -0.25) is 4.79 Å². The van der Waals surface area contributed by atoms with Crippen molar-refractivity contribution in [3.63, 3.8) is 0 Å². The maximum atomic E-state index is 11.9. The number of rotatable bonds is 4. The van der Waals surface area contributed by atoms with Crippen molar-refractivity contribution in [2.45, 2.75) is 26.3 Å². The Kier molecular flexibility index (Phi) is 4.39. The van der Waals surface area contributed by atoms with E-state index >= 15 is 0 Å². The van der Waals surface area contributed by atoms with Gasteiger partial charge in [-0.25, -0.2) is 4.98 Å². The number of hydrogen-bond donors (Lipinski definition) is 2. The molecule has 0 radical (unpaired) electrons. The van der Waals surface area contributed by atoms with Crippen LogP contribution in [0.15, 0.2) is 18.2 Å². The second-order valence-electron chi connectivity index (χ2n) is 4.86. The van der Waals surface area contributed by atoms with Gasteiger partial charge < -0.3 is 11.1 Å². The number of fused-ring (bicyclic) bond motifs is 1. The Hall–Kier alpha value is -1.17. The lowest BCUT2D eigenvalue weighted by Gasteiger charge is -2.12. The first-order valence-corrected chi connectivity index (χ1v) is 7.27. The Labute approximate surface area is 121 Å². The first kappa shape index (κ1) is 14.2. The molecule has 3 N–H and O–H groups in total. The van der Waals surface area contributed by atoms with Crippen molar-refractivity contribution in [3.8, 4) is 0 Å². The third-order valence-electron chi connectivity index (χ3n) is 2.64. The Bertz CT molecular complexity index is 597. The third-order valence-corrected chi connectivity index (χ3v) is 3.81. The second kappa shape index (κ2) is 5.86. The lowest BCUT2D eigenvalue weighted by atomic mass is 10.0.